The first-order valence-electron chi connectivity index (χ1n) is 6.51. The summed E-state index contributed by atoms with van der Waals surface area (Å²) in [5, 5.41) is 2.07. The average Bonchev–Trinajstić information content (AvgIpc) is 2.28. The molecule has 0 fully saturated rings. The Hall–Kier alpha value is 0.0500. The molecule has 8 heteroatoms. The van der Waals surface area contributed by atoms with Gasteiger partial charge in [0.15, 0.2) is 0 Å². The number of carbonyl (C=O) groups excluding carboxylic acids is 2. The van der Waals surface area contributed by atoms with Crippen molar-refractivity contribution in [3.8, 4) is 0 Å². The number of hydrogen-bond donors (Lipinski definition) is 1. The van der Waals surface area contributed by atoms with Crippen molar-refractivity contribution in [2.45, 2.75) is 58.3 Å². The molecule has 112 valence electrons. The quantitative estimate of drug-likeness (QED) is 0.279. The minimum Gasteiger partial charge on any atom is -0.747 e. The Morgan fingerprint density at radius 2 is 1.40 bits per heavy atom. The molecule has 0 atom stereocenters. The minimum absolute atomic E-state index is 0. The van der Waals surface area contributed by atoms with Crippen LogP contribution in [0.5, 0.6) is 0 Å². The Morgan fingerprint density at radius 3 is 1.85 bits per heavy atom. The van der Waals surface area contributed by atoms with E-state index in [0.29, 0.717) is 12.8 Å². The standard InChI is InChI=1S/C12H23NO5S.Na/c1-11(14)8-6-4-2-3-5-7-9-12(15)13-10-19(16,17)18;/h2-10H2,1H3,(H,13,15)(H,16,17,18);/q;+1/p-1. The Labute approximate surface area is 143 Å². The molecule has 0 aliphatic carbocycles. The number of rotatable bonds is 11. The van der Waals surface area contributed by atoms with Crippen molar-refractivity contribution in [2.75, 3.05) is 5.88 Å². The Morgan fingerprint density at radius 1 is 0.950 bits per heavy atom. The first kappa shape index (κ1) is 22.3. The molecule has 0 spiro atoms. The maximum Gasteiger partial charge on any atom is 1.00 e. The van der Waals surface area contributed by atoms with E-state index in [9.17, 15) is 22.6 Å². The number of carbonyl (C=O) groups is 2. The predicted octanol–water partition coefficient (Wildman–Crippen LogP) is -1.68. The van der Waals surface area contributed by atoms with Gasteiger partial charge in [-0.1, -0.05) is 25.7 Å². The summed E-state index contributed by atoms with van der Waals surface area (Å²) in [6.07, 6.45) is 6.39. The molecule has 0 unspecified atom stereocenters. The molecule has 0 aromatic carbocycles. The molecule has 0 rings (SSSR count). The van der Waals surface area contributed by atoms with Gasteiger partial charge in [-0.2, -0.15) is 0 Å². The van der Waals surface area contributed by atoms with Crippen LogP contribution in [0.15, 0.2) is 0 Å². The van der Waals surface area contributed by atoms with Crippen molar-refractivity contribution in [1.29, 1.82) is 0 Å². The monoisotopic (exact) mass is 315 g/mol. The van der Waals surface area contributed by atoms with Crippen LogP contribution in [0.1, 0.15) is 58.3 Å². The van der Waals surface area contributed by atoms with E-state index < -0.39 is 21.9 Å². The van der Waals surface area contributed by atoms with Crippen molar-refractivity contribution >= 4 is 21.8 Å². The minimum atomic E-state index is -4.38. The second kappa shape index (κ2) is 12.8. The number of hydrogen-bond acceptors (Lipinski definition) is 5. The van der Waals surface area contributed by atoms with Crippen LogP contribution in [0.2, 0.25) is 0 Å². The Bertz CT molecular complexity index is 383. The van der Waals surface area contributed by atoms with Gasteiger partial charge in [-0.25, -0.2) is 8.42 Å². The molecule has 1 N–H and O–H groups in total. The molecule has 6 nitrogen and oxygen atoms in total. The topological polar surface area (TPSA) is 103 Å². The SMILES string of the molecule is CC(=O)CCCCCCCCC(=O)NCS(=O)(=O)[O-].[Na+]. The molecular weight excluding hydrogens is 293 g/mol. The van der Waals surface area contributed by atoms with Crippen molar-refractivity contribution in [3.05, 3.63) is 0 Å². The summed E-state index contributed by atoms with van der Waals surface area (Å²) in [5.74, 6) is -1.03. The summed E-state index contributed by atoms with van der Waals surface area (Å²) < 4.78 is 30.8. The van der Waals surface area contributed by atoms with Crippen molar-refractivity contribution < 1.29 is 52.1 Å². The summed E-state index contributed by atoms with van der Waals surface area (Å²) in [7, 11) is -4.38. The third-order valence-corrected chi connectivity index (χ3v) is 3.13. The molecule has 0 aliphatic heterocycles. The van der Waals surface area contributed by atoms with Gasteiger partial charge in [-0.3, -0.25) is 4.79 Å². The fourth-order valence-electron chi connectivity index (χ4n) is 1.62. The Balaban J connectivity index is 0. The zero-order chi connectivity index (χ0) is 14.7. The largest absolute Gasteiger partial charge is 1.00 e. The third-order valence-electron chi connectivity index (χ3n) is 2.63. The van der Waals surface area contributed by atoms with Crippen LogP contribution in [0.25, 0.3) is 0 Å². The van der Waals surface area contributed by atoms with Crippen LogP contribution in [0.3, 0.4) is 0 Å². The molecule has 0 aliphatic rings. The van der Waals surface area contributed by atoms with Crippen LogP contribution in [0.4, 0.5) is 0 Å². The Kier molecular flexibility index (Phi) is 14.3. The molecule has 0 saturated heterocycles. The van der Waals surface area contributed by atoms with Gasteiger partial charge in [0, 0.05) is 12.8 Å². The fraction of sp³-hybridized carbons (Fsp3) is 0.833. The van der Waals surface area contributed by atoms with Gasteiger partial charge in [0.05, 0.1) is 0 Å². The summed E-state index contributed by atoms with van der Waals surface area (Å²) in [6, 6.07) is 0. The van der Waals surface area contributed by atoms with Gasteiger partial charge in [0.2, 0.25) is 5.91 Å². The van der Waals surface area contributed by atoms with Crippen LogP contribution in [0, 0.1) is 0 Å². The van der Waals surface area contributed by atoms with Crippen molar-refractivity contribution in [1.82, 2.24) is 5.32 Å². The molecular formula is C12H22NNaO5S. The van der Waals surface area contributed by atoms with Crippen LogP contribution >= 0.6 is 0 Å². The summed E-state index contributed by atoms with van der Waals surface area (Å²) in [4.78, 5) is 21.8. The van der Waals surface area contributed by atoms with Crippen LogP contribution in [-0.4, -0.2) is 30.5 Å². The van der Waals surface area contributed by atoms with Gasteiger partial charge >= 0.3 is 29.6 Å². The number of unbranched alkanes of at least 4 members (excludes halogenated alkanes) is 5. The second-order valence-corrected chi connectivity index (χ2v) is 6.03. The third kappa shape index (κ3) is 18.0. The zero-order valence-electron chi connectivity index (χ0n) is 12.3. The van der Waals surface area contributed by atoms with E-state index in [2.05, 4.69) is 5.32 Å². The maximum atomic E-state index is 11.1. The van der Waals surface area contributed by atoms with E-state index in [0.717, 1.165) is 32.1 Å². The summed E-state index contributed by atoms with van der Waals surface area (Å²) in [6.45, 7) is 1.58. The first-order chi connectivity index (χ1) is 8.81. The second-order valence-electron chi connectivity index (χ2n) is 4.63. The molecule has 0 aromatic rings. The molecule has 0 radical (unpaired) electrons. The zero-order valence-corrected chi connectivity index (χ0v) is 15.1. The van der Waals surface area contributed by atoms with E-state index in [1.807, 2.05) is 0 Å². The summed E-state index contributed by atoms with van der Waals surface area (Å²) in [5.41, 5.74) is 0. The smallest absolute Gasteiger partial charge is 0.747 e. The number of nitrogens with one attached hydrogen (secondary N) is 1. The molecule has 1 amide bonds. The maximum absolute atomic E-state index is 11.1. The molecule has 0 heterocycles. The van der Waals surface area contributed by atoms with Crippen molar-refractivity contribution in [2.24, 2.45) is 0 Å². The van der Waals surface area contributed by atoms with Gasteiger partial charge in [0.1, 0.15) is 21.8 Å². The molecule has 0 aromatic heterocycles. The molecule has 20 heavy (non-hydrogen) atoms. The number of ketones is 1. The number of amides is 1. The van der Waals surface area contributed by atoms with Gasteiger partial charge < -0.3 is 14.7 Å². The average molecular weight is 315 g/mol. The van der Waals surface area contributed by atoms with Crippen LogP contribution in [-0.2, 0) is 19.7 Å². The fourth-order valence-corrected chi connectivity index (χ4v) is 1.96. The van der Waals surface area contributed by atoms with Gasteiger partial charge in [0.25, 0.3) is 0 Å². The van der Waals surface area contributed by atoms with E-state index in [1.165, 1.54) is 0 Å². The summed E-state index contributed by atoms with van der Waals surface area (Å²) >= 11 is 0. The van der Waals surface area contributed by atoms with Gasteiger partial charge in [-0.15, -0.1) is 0 Å². The van der Waals surface area contributed by atoms with E-state index >= 15 is 0 Å². The normalized spacial score (nSPS) is 10.7. The van der Waals surface area contributed by atoms with Gasteiger partial charge in [-0.05, 0) is 19.8 Å². The van der Waals surface area contributed by atoms with E-state index in [4.69, 9.17) is 0 Å². The van der Waals surface area contributed by atoms with Crippen molar-refractivity contribution in [3.63, 3.8) is 0 Å². The van der Waals surface area contributed by atoms with E-state index in [-0.39, 0.29) is 41.8 Å². The number of Topliss-reactive ketones (excluding diaryl/α,β-unsaturated/α-hetero) is 1. The predicted molar refractivity (Wildman–Crippen MR) is 70.3 cm³/mol. The molecule has 0 bridgehead atoms. The van der Waals surface area contributed by atoms with Crippen LogP contribution < -0.4 is 34.9 Å². The first-order valence-corrected chi connectivity index (χ1v) is 8.08. The molecule has 0 saturated carbocycles. The van der Waals surface area contributed by atoms with E-state index in [1.54, 1.807) is 6.92 Å².